The molecule has 0 aliphatic heterocycles. The van der Waals surface area contributed by atoms with Gasteiger partial charge in [0.2, 0.25) is 0 Å². The first-order valence-corrected chi connectivity index (χ1v) is 10.2. The lowest BCUT2D eigenvalue weighted by Crippen LogP contribution is -2.34. The Morgan fingerprint density at radius 1 is 0.952 bits per heavy atom. The van der Waals surface area contributed by atoms with Crippen molar-refractivity contribution in [3.8, 4) is 11.1 Å². The zero-order chi connectivity index (χ0) is 15.2. The summed E-state index contributed by atoms with van der Waals surface area (Å²) < 4.78 is 0. The lowest BCUT2D eigenvalue weighted by molar-refractivity contribution is 0.635. The summed E-state index contributed by atoms with van der Waals surface area (Å²) in [6.45, 7) is 11.5. The molecule has 0 saturated heterocycles. The maximum atomic E-state index is 3.72. The van der Waals surface area contributed by atoms with Crippen LogP contribution in [0, 0.1) is 0 Å². The third-order valence-electron chi connectivity index (χ3n) is 3.98. The van der Waals surface area contributed by atoms with Crippen LogP contribution in [0.15, 0.2) is 36.4 Å². The van der Waals surface area contributed by atoms with E-state index in [1.807, 2.05) is 0 Å². The molecule has 0 fully saturated rings. The topological polar surface area (TPSA) is 12.0 Å². The molecule has 0 heterocycles. The van der Waals surface area contributed by atoms with E-state index < -0.39 is 8.80 Å². The van der Waals surface area contributed by atoms with Crippen LogP contribution >= 0.6 is 0 Å². The van der Waals surface area contributed by atoms with Crippen LogP contribution in [0.4, 0.5) is 5.69 Å². The molecule has 1 radical (unpaired) electrons. The zero-order valence-corrected chi connectivity index (χ0v) is 14.7. The summed E-state index contributed by atoms with van der Waals surface area (Å²) in [7, 11) is -0.483. The quantitative estimate of drug-likeness (QED) is 0.689. The Bertz CT molecular complexity index is 680. The van der Waals surface area contributed by atoms with E-state index in [-0.39, 0.29) is 5.54 Å². The highest BCUT2D eigenvalue weighted by Crippen LogP contribution is 2.37. The normalized spacial score (nSPS) is 13.2. The summed E-state index contributed by atoms with van der Waals surface area (Å²) in [5, 5.41) is 5.25. The molecule has 21 heavy (non-hydrogen) atoms. The molecule has 0 aromatic heterocycles. The first-order valence-electron chi connectivity index (χ1n) is 7.69. The van der Waals surface area contributed by atoms with Gasteiger partial charge in [-0.1, -0.05) is 43.4 Å². The lowest BCUT2D eigenvalue weighted by Gasteiger charge is -2.26. The van der Waals surface area contributed by atoms with Gasteiger partial charge in [0.15, 0.2) is 0 Å². The Labute approximate surface area is 130 Å². The molecule has 1 aliphatic rings. The van der Waals surface area contributed by atoms with Crippen LogP contribution in [0.3, 0.4) is 0 Å². The first-order chi connectivity index (χ1) is 9.85. The number of fused-ring (bicyclic) bond motifs is 3. The molecule has 109 valence electrons. The predicted molar refractivity (Wildman–Crippen MR) is 95.2 cm³/mol. The van der Waals surface area contributed by atoms with Crippen molar-refractivity contribution in [2.45, 2.75) is 45.8 Å². The van der Waals surface area contributed by atoms with Gasteiger partial charge in [0.1, 0.15) is 0 Å². The smallest absolute Gasteiger partial charge is 0.0819 e. The molecule has 1 N–H and O–H groups in total. The number of anilines is 1. The standard InChI is InChI=1S/C19H24NSi/c1-19(2,3)20-17-12-16-14(11-18(17)21(4)5)10-13-8-6-7-9-15(13)16/h6-9,11-12,20H,10H2,1-5H3. The van der Waals surface area contributed by atoms with Crippen LogP contribution in [0.2, 0.25) is 13.1 Å². The van der Waals surface area contributed by atoms with E-state index in [0.29, 0.717) is 0 Å². The maximum absolute atomic E-state index is 3.72. The third kappa shape index (κ3) is 2.77. The van der Waals surface area contributed by atoms with Crippen molar-refractivity contribution in [3.05, 3.63) is 47.5 Å². The van der Waals surface area contributed by atoms with Gasteiger partial charge < -0.3 is 5.32 Å². The second-order valence-electron chi connectivity index (χ2n) is 7.26. The highest BCUT2D eigenvalue weighted by Gasteiger charge is 2.22. The number of rotatable bonds is 2. The second kappa shape index (κ2) is 5.02. The van der Waals surface area contributed by atoms with Crippen LogP contribution in [0.25, 0.3) is 11.1 Å². The van der Waals surface area contributed by atoms with E-state index in [1.54, 1.807) is 0 Å². The van der Waals surface area contributed by atoms with Gasteiger partial charge in [-0.2, -0.15) is 0 Å². The van der Waals surface area contributed by atoms with Gasteiger partial charge in [0.25, 0.3) is 0 Å². The molecule has 1 nitrogen and oxygen atoms in total. The molecule has 3 rings (SSSR count). The Morgan fingerprint density at radius 3 is 2.33 bits per heavy atom. The van der Waals surface area contributed by atoms with E-state index in [1.165, 1.54) is 33.1 Å². The van der Waals surface area contributed by atoms with Crippen molar-refractivity contribution >= 4 is 19.7 Å². The van der Waals surface area contributed by atoms with Crippen LogP contribution in [0.1, 0.15) is 31.9 Å². The van der Waals surface area contributed by atoms with Gasteiger partial charge >= 0.3 is 0 Å². The van der Waals surface area contributed by atoms with Crippen molar-refractivity contribution in [2.75, 3.05) is 5.32 Å². The van der Waals surface area contributed by atoms with E-state index in [4.69, 9.17) is 0 Å². The van der Waals surface area contributed by atoms with Crippen molar-refractivity contribution in [1.82, 2.24) is 0 Å². The van der Waals surface area contributed by atoms with Crippen LogP contribution in [0.5, 0.6) is 0 Å². The van der Waals surface area contributed by atoms with E-state index in [0.717, 1.165) is 6.42 Å². The fourth-order valence-electron chi connectivity index (χ4n) is 3.10. The Hall–Kier alpha value is -1.54. The van der Waals surface area contributed by atoms with Crippen molar-refractivity contribution < 1.29 is 0 Å². The van der Waals surface area contributed by atoms with Crippen molar-refractivity contribution in [2.24, 2.45) is 0 Å². The average molecular weight is 294 g/mol. The number of hydrogen-bond donors (Lipinski definition) is 1. The van der Waals surface area contributed by atoms with E-state index in [2.05, 4.69) is 75.6 Å². The molecule has 0 amide bonds. The van der Waals surface area contributed by atoms with Gasteiger partial charge in [0.05, 0.1) is 8.80 Å². The van der Waals surface area contributed by atoms with E-state index >= 15 is 0 Å². The highest BCUT2D eigenvalue weighted by atomic mass is 28.3. The Morgan fingerprint density at radius 2 is 1.67 bits per heavy atom. The molecule has 2 aromatic carbocycles. The van der Waals surface area contributed by atoms with E-state index in [9.17, 15) is 0 Å². The molecule has 0 atom stereocenters. The number of benzene rings is 2. The second-order valence-corrected chi connectivity index (χ2v) is 9.80. The summed E-state index contributed by atoms with van der Waals surface area (Å²) in [5.41, 5.74) is 7.22. The Balaban J connectivity index is 2.14. The van der Waals surface area contributed by atoms with Gasteiger partial charge in [-0.25, -0.2) is 0 Å². The van der Waals surface area contributed by atoms with Crippen molar-refractivity contribution in [3.63, 3.8) is 0 Å². The SMILES string of the molecule is C[Si](C)c1cc2c(cc1NC(C)(C)C)-c1ccccc1C2. The fraction of sp³-hybridized carbons (Fsp3) is 0.368. The first kappa shape index (κ1) is 14.4. The van der Waals surface area contributed by atoms with Gasteiger partial charge in [-0.05, 0) is 60.7 Å². The van der Waals surface area contributed by atoms with Crippen molar-refractivity contribution in [1.29, 1.82) is 0 Å². The molecule has 0 saturated carbocycles. The molecule has 0 bridgehead atoms. The summed E-state index contributed by atoms with van der Waals surface area (Å²) in [4.78, 5) is 0. The predicted octanol–water partition coefficient (Wildman–Crippen LogP) is 4.43. The fourth-order valence-corrected chi connectivity index (χ4v) is 4.24. The van der Waals surface area contributed by atoms with Gasteiger partial charge in [0, 0.05) is 11.2 Å². The zero-order valence-electron chi connectivity index (χ0n) is 13.7. The minimum absolute atomic E-state index is 0.0957. The maximum Gasteiger partial charge on any atom is 0.0819 e. The van der Waals surface area contributed by atoms with Gasteiger partial charge in [-0.15, -0.1) is 0 Å². The molecule has 0 spiro atoms. The minimum atomic E-state index is -0.483. The molecule has 2 aromatic rings. The summed E-state index contributed by atoms with van der Waals surface area (Å²) in [6.07, 6.45) is 1.09. The largest absolute Gasteiger partial charge is 0.381 e. The molecule has 2 heteroatoms. The van der Waals surface area contributed by atoms with Crippen LogP contribution in [-0.4, -0.2) is 14.3 Å². The number of nitrogens with one attached hydrogen (secondary N) is 1. The average Bonchev–Trinajstić information content (AvgIpc) is 2.73. The van der Waals surface area contributed by atoms with Crippen LogP contribution in [-0.2, 0) is 6.42 Å². The summed E-state index contributed by atoms with van der Waals surface area (Å²) >= 11 is 0. The Kier molecular flexibility index (Phi) is 3.44. The molecule has 1 aliphatic carbocycles. The lowest BCUT2D eigenvalue weighted by atomic mass is 10.0. The number of hydrogen-bond acceptors (Lipinski definition) is 1. The molecular weight excluding hydrogens is 270 g/mol. The monoisotopic (exact) mass is 294 g/mol. The molecular formula is C19H24NSi. The summed E-state index contributed by atoms with van der Waals surface area (Å²) in [5.74, 6) is 0. The minimum Gasteiger partial charge on any atom is -0.381 e. The highest BCUT2D eigenvalue weighted by molar-refractivity contribution is 6.72. The molecule has 0 unspecified atom stereocenters. The third-order valence-corrected chi connectivity index (χ3v) is 5.47. The summed E-state index contributed by atoms with van der Waals surface area (Å²) in [6, 6.07) is 13.7. The van der Waals surface area contributed by atoms with Gasteiger partial charge in [-0.3, -0.25) is 0 Å². The van der Waals surface area contributed by atoms with Crippen LogP contribution < -0.4 is 10.5 Å².